The number of nitrogens with zero attached hydrogens (tertiary/aromatic N) is 4. The van der Waals surface area contributed by atoms with E-state index in [1.54, 1.807) is 11.3 Å². The highest BCUT2D eigenvalue weighted by molar-refractivity contribution is 7.25. The van der Waals surface area contributed by atoms with Crippen molar-refractivity contribution >= 4 is 119 Å². The van der Waals surface area contributed by atoms with Crippen LogP contribution in [-0.4, -0.2) is 19.1 Å². The molecule has 5 heterocycles. The molecule has 0 spiro atoms. The second kappa shape index (κ2) is 11.0. The Kier molecular flexibility index (Phi) is 5.74. The third kappa shape index (κ3) is 3.83. The van der Waals surface area contributed by atoms with Crippen LogP contribution in [-0.2, 0) is 0 Å². The van der Waals surface area contributed by atoms with Gasteiger partial charge < -0.3 is 8.98 Å². The minimum absolute atomic E-state index is 0.655. The number of para-hydroxylation sites is 1. The minimum atomic E-state index is 0.655. The molecule has 0 unspecified atom stereocenters. The molecule has 0 saturated carbocycles. The highest BCUT2D eigenvalue weighted by atomic mass is 32.1. The van der Waals surface area contributed by atoms with Gasteiger partial charge in [-0.05, 0) is 81.9 Å². The lowest BCUT2D eigenvalue weighted by Crippen LogP contribution is -2.03. The maximum atomic E-state index is 6.60. The third-order valence-electron chi connectivity index (χ3n) is 13.1. The van der Waals surface area contributed by atoms with Crippen LogP contribution in [0.4, 0.5) is 0 Å². The summed E-state index contributed by atoms with van der Waals surface area (Å²) < 4.78 is 12.5. The largest absolute Gasteiger partial charge is 0.456 e. The first-order valence-electron chi connectivity index (χ1n) is 20.3. The van der Waals surface area contributed by atoms with Gasteiger partial charge in [-0.25, -0.2) is 9.97 Å². The van der Waals surface area contributed by atoms with Crippen LogP contribution in [0, 0.1) is 0 Å². The number of fused-ring (bicyclic) bond motifs is 9. The summed E-state index contributed by atoms with van der Waals surface area (Å²) >= 11 is 1.73. The Hall–Kier alpha value is -7.80. The van der Waals surface area contributed by atoms with Crippen LogP contribution < -0.4 is 0 Å². The molecule has 0 bridgehead atoms. The molecule has 1 aliphatic carbocycles. The summed E-state index contributed by atoms with van der Waals surface area (Å²) in [5.41, 5.74) is 11.8. The Labute approximate surface area is 344 Å². The molecule has 15 rings (SSSR count). The van der Waals surface area contributed by atoms with Gasteiger partial charge in [0.05, 0.1) is 27.8 Å². The molecule has 0 N–H and O–H groups in total. The Balaban J connectivity index is 1.08. The number of aromatic nitrogens is 4. The van der Waals surface area contributed by atoms with Crippen LogP contribution in [0.3, 0.4) is 0 Å². The van der Waals surface area contributed by atoms with Gasteiger partial charge in [-0.1, -0.05) is 115 Å². The Morgan fingerprint density at radius 2 is 1.12 bits per heavy atom. The van der Waals surface area contributed by atoms with E-state index in [-0.39, 0.29) is 0 Å². The fourth-order valence-electron chi connectivity index (χ4n) is 10.7. The van der Waals surface area contributed by atoms with Crippen LogP contribution in [0.15, 0.2) is 174 Å². The van der Waals surface area contributed by atoms with Crippen LogP contribution in [0.2, 0.25) is 0 Å². The topological polar surface area (TPSA) is 48.8 Å². The fourth-order valence-corrected chi connectivity index (χ4v) is 11.7. The van der Waals surface area contributed by atoms with Crippen molar-refractivity contribution in [2.45, 2.75) is 0 Å². The second-order valence-electron chi connectivity index (χ2n) is 16.0. The lowest BCUT2D eigenvalue weighted by Gasteiger charge is -2.12. The quantitative estimate of drug-likeness (QED) is 0.179. The van der Waals surface area contributed by atoms with Crippen LogP contribution in [0.5, 0.6) is 0 Å². The normalized spacial score (nSPS) is 12.7. The van der Waals surface area contributed by atoms with Crippen LogP contribution in [0.1, 0.15) is 0 Å². The number of thiophene rings is 1. The molecule has 6 heteroatoms. The van der Waals surface area contributed by atoms with Gasteiger partial charge in [0.15, 0.2) is 0 Å². The van der Waals surface area contributed by atoms with Gasteiger partial charge in [0.2, 0.25) is 5.95 Å². The van der Waals surface area contributed by atoms with Gasteiger partial charge in [-0.15, -0.1) is 11.3 Å². The summed E-state index contributed by atoms with van der Waals surface area (Å²) in [5.74, 6) is 0.655. The fraction of sp³-hybridized carbons (Fsp3) is 0. The van der Waals surface area contributed by atoms with E-state index in [9.17, 15) is 0 Å². The number of furan rings is 1. The summed E-state index contributed by atoms with van der Waals surface area (Å²) in [6.45, 7) is 0. The van der Waals surface area contributed by atoms with Crippen molar-refractivity contribution in [1.29, 1.82) is 0 Å². The molecule has 1 aliphatic rings. The minimum Gasteiger partial charge on any atom is -0.456 e. The molecular weight excluding hydrogens is 753 g/mol. The van der Waals surface area contributed by atoms with Crippen molar-refractivity contribution in [3.63, 3.8) is 0 Å². The molecule has 0 amide bonds. The smallest absolute Gasteiger partial charge is 0.236 e. The number of benzene rings is 9. The zero-order valence-electron chi connectivity index (χ0n) is 31.8. The highest BCUT2D eigenvalue weighted by Gasteiger charge is 2.28. The van der Waals surface area contributed by atoms with Crippen molar-refractivity contribution in [1.82, 2.24) is 19.1 Å². The van der Waals surface area contributed by atoms with Crippen molar-refractivity contribution < 1.29 is 4.42 Å². The van der Waals surface area contributed by atoms with E-state index < -0.39 is 0 Å². The molecule has 276 valence electrons. The van der Waals surface area contributed by atoms with Gasteiger partial charge in [-0.2, -0.15) is 0 Å². The maximum Gasteiger partial charge on any atom is 0.236 e. The summed E-state index contributed by atoms with van der Waals surface area (Å²) in [7, 11) is 0. The second-order valence-corrected chi connectivity index (χ2v) is 17.1. The average molecular weight is 781 g/mol. The number of rotatable bonds is 3. The van der Waals surface area contributed by atoms with Crippen molar-refractivity contribution in [2.75, 3.05) is 0 Å². The number of hydrogen-bond donors (Lipinski definition) is 0. The first-order chi connectivity index (χ1) is 29.8. The zero-order chi connectivity index (χ0) is 38.8. The highest BCUT2D eigenvalue weighted by Crippen LogP contribution is 2.51. The van der Waals surface area contributed by atoms with E-state index in [1.165, 1.54) is 75.2 Å². The molecule has 0 saturated heterocycles. The molecule has 0 fully saturated rings. The molecule has 0 radical (unpaired) electrons. The van der Waals surface area contributed by atoms with Gasteiger partial charge in [-0.3, -0.25) is 4.57 Å². The lowest BCUT2D eigenvalue weighted by atomic mass is 9.95. The molecule has 5 nitrogen and oxygen atoms in total. The Bertz CT molecular complexity index is 4240. The zero-order valence-corrected chi connectivity index (χ0v) is 32.6. The summed E-state index contributed by atoms with van der Waals surface area (Å²) in [4.78, 5) is 12.1. The molecular formula is C54H28N4OS. The van der Waals surface area contributed by atoms with E-state index in [2.05, 4.69) is 179 Å². The lowest BCUT2D eigenvalue weighted by molar-refractivity contribution is 0.669. The van der Waals surface area contributed by atoms with Crippen molar-refractivity contribution in [3.05, 3.63) is 170 Å². The molecule has 60 heavy (non-hydrogen) atoms. The predicted molar refractivity (Wildman–Crippen MR) is 250 cm³/mol. The molecule has 9 aromatic carbocycles. The molecule has 14 aromatic rings. The number of hydrogen-bond acceptors (Lipinski definition) is 4. The molecule has 0 aliphatic heterocycles. The van der Waals surface area contributed by atoms with Crippen molar-refractivity contribution in [2.24, 2.45) is 0 Å². The third-order valence-corrected chi connectivity index (χ3v) is 14.1. The maximum absolute atomic E-state index is 6.60. The predicted octanol–water partition coefficient (Wildman–Crippen LogP) is 14.9. The summed E-state index contributed by atoms with van der Waals surface area (Å²) in [6, 6.07) is 61.5. The average Bonchev–Trinajstić information content (AvgIpc) is 4.04. The van der Waals surface area contributed by atoms with Crippen LogP contribution >= 0.6 is 11.3 Å². The standard InChI is InChI=1S/C54H28N4OS/c1-2-12-32(13-3-1)57-39-24-21-29-10-4-5-14-33(29)46(39)36-23-20-31(28-41(36)57)52-48-37-15-6-7-19-44(37)60-53(48)56-54(55-52)58-38-18-9-17-35-34-16-8-11-30-22-26-42-50(45(30)34)51-43(59-42)27-25-40(58)49(51)47(35)38/h1-28H. The van der Waals surface area contributed by atoms with E-state index in [0.29, 0.717) is 5.95 Å². The molecule has 0 atom stereocenters. The van der Waals surface area contributed by atoms with E-state index in [4.69, 9.17) is 14.4 Å². The van der Waals surface area contributed by atoms with Gasteiger partial charge in [0, 0.05) is 64.4 Å². The SMILES string of the molecule is c1ccc(-n2c3cc(-c4nc(-n5c6cccc7c6c6c8c(ccc65)oc5ccc6cccc-7c6c58)nc5sc6ccccc6c45)ccc3c3c4ccccc4ccc32)cc1. The van der Waals surface area contributed by atoms with E-state index >= 15 is 0 Å². The molecule has 5 aromatic heterocycles. The summed E-state index contributed by atoms with van der Waals surface area (Å²) in [5, 5.41) is 14.4. The monoisotopic (exact) mass is 780 g/mol. The first-order valence-corrected chi connectivity index (χ1v) is 21.1. The van der Waals surface area contributed by atoms with Gasteiger partial charge in [0.1, 0.15) is 16.0 Å². The Morgan fingerprint density at radius 3 is 2.03 bits per heavy atom. The van der Waals surface area contributed by atoms with Gasteiger partial charge in [0.25, 0.3) is 0 Å². The Morgan fingerprint density at radius 1 is 0.417 bits per heavy atom. The van der Waals surface area contributed by atoms with Crippen LogP contribution in [0.25, 0.3) is 141 Å². The van der Waals surface area contributed by atoms with Crippen molar-refractivity contribution in [3.8, 4) is 34.0 Å². The van der Waals surface area contributed by atoms with E-state index in [0.717, 1.165) is 60.3 Å². The van der Waals surface area contributed by atoms with Gasteiger partial charge >= 0.3 is 0 Å². The first kappa shape index (κ1) is 31.2. The van der Waals surface area contributed by atoms with E-state index in [1.807, 2.05) is 0 Å². The summed E-state index contributed by atoms with van der Waals surface area (Å²) in [6.07, 6.45) is 0.